The molecule has 0 amide bonds. The average molecular weight is 1370 g/mol. The predicted octanol–water partition coefficient (Wildman–Crippen LogP) is 26.4. The first kappa shape index (κ1) is 61.2. The molecule has 107 heavy (non-hydrogen) atoms. The Morgan fingerprint density at radius 2 is 0.533 bits per heavy atom. The van der Waals surface area contributed by atoms with Crippen LogP contribution in [0.25, 0.3) is 220 Å². The van der Waals surface area contributed by atoms with Crippen LogP contribution in [0.3, 0.4) is 0 Å². The van der Waals surface area contributed by atoms with E-state index in [2.05, 4.69) is 267 Å². The highest BCUT2D eigenvalue weighted by atomic mass is 16.3. The van der Waals surface area contributed by atoms with Gasteiger partial charge in [0.25, 0.3) is 0 Å². The number of benzene rings is 17. The van der Waals surface area contributed by atoms with Crippen molar-refractivity contribution in [1.82, 2.24) is 29.9 Å². The Balaban J connectivity index is 0.000000103. The molecule has 9 nitrogen and oxygen atoms in total. The van der Waals surface area contributed by atoms with Gasteiger partial charge in [-0.25, -0.2) is 29.9 Å². The Bertz CT molecular complexity index is 7520. The molecule has 0 radical (unpaired) electrons. The standard InChI is InChI=1S/2C34H20N2O.C30H18N2O/c1-2-10-22(11-3-1)33-32-24-13-5-4-9-21(24)17-18-29(32)35-34(36-33)26-15-8-12-23-19-28-25-14-6-7-16-30(25)37-31(28)20-27(23)26;1-2-10-22(11-3-1)32-27-18-17-21-9-4-5-13-24(21)33(27)36-34(35-32)26-15-8-12-23-19-29-25-14-6-7-16-30(25)37-31(29)20-28(23)26;1-2-9-19(10-3-1)29-23-13-4-6-15-26(23)31-30(32-29)22-14-8-11-20-17-25-21-12-5-7-16-27(21)33-28(25)18-24(20)22/h2*1-20H;1-18H. The molecule has 6 heterocycles. The van der Waals surface area contributed by atoms with Gasteiger partial charge in [0.15, 0.2) is 17.5 Å². The zero-order valence-corrected chi connectivity index (χ0v) is 57.4. The summed E-state index contributed by atoms with van der Waals surface area (Å²) >= 11 is 0. The number of furan rings is 3. The third-order valence-corrected chi connectivity index (χ3v) is 20.8. The first-order valence-electron chi connectivity index (χ1n) is 35.9. The van der Waals surface area contributed by atoms with Crippen molar-refractivity contribution in [2.24, 2.45) is 0 Å². The maximum Gasteiger partial charge on any atom is 0.161 e. The lowest BCUT2D eigenvalue weighted by molar-refractivity contribution is 0.669. The highest BCUT2D eigenvalue weighted by Gasteiger charge is 2.22. The van der Waals surface area contributed by atoms with Crippen molar-refractivity contribution in [2.45, 2.75) is 0 Å². The van der Waals surface area contributed by atoms with Crippen molar-refractivity contribution in [3.05, 3.63) is 352 Å². The molecule has 0 aliphatic heterocycles. The first-order valence-corrected chi connectivity index (χ1v) is 35.9. The first-order chi connectivity index (χ1) is 53.0. The van der Waals surface area contributed by atoms with Gasteiger partial charge in [-0.3, -0.25) is 0 Å². The Morgan fingerprint density at radius 1 is 0.178 bits per heavy atom. The Morgan fingerprint density at radius 3 is 1.03 bits per heavy atom. The van der Waals surface area contributed by atoms with Gasteiger partial charge in [0.2, 0.25) is 0 Å². The van der Waals surface area contributed by atoms with Crippen LogP contribution in [-0.2, 0) is 0 Å². The number of nitrogens with zero attached hydrogens (tertiary/aromatic N) is 6. The zero-order chi connectivity index (χ0) is 70.5. The van der Waals surface area contributed by atoms with E-state index < -0.39 is 0 Å². The lowest BCUT2D eigenvalue weighted by Gasteiger charge is -2.13. The lowest BCUT2D eigenvalue weighted by Crippen LogP contribution is -1.96. The van der Waals surface area contributed by atoms with E-state index in [1.54, 1.807) is 0 Å². The monoisotopic (exact) mass is 1370 g/mol. The van der Waals surface area contributed by atoms with Crippen molar-refractivity contribution < 1.29 is 13.3 Å². The van der Waals surface area contributed by atoms with E-state index in [1.165, 1.54) is 10.8 Å². The van der Waals surface area contributed by atoms with Gasteiger partial charge in [0.1, 0.15) is 33.5 Å². The van der Waals surface area contributed by atoms with E-state index in [1.807, 2.05) is 84.9 Å². The Kier molecular flexibility index (Phi) is 14.4. The van der Waals surface area contributed by atoms with Crippen LogP contribution in [0.1, 0.15) is 0 Å². The van der Waals surface area contributed by atoms with Crippen molar-refractivity contribution in [1.29, 1.82) is 0 Å². The molecular weight excluding hydrogens is 1310 g/mol. The van der Waals surface area contributed by atoms with E-state index in [9.17, 15) is 0 Å². The van der Waals surface area contributed by atoms with E-state index in [4.69, 9.17) is 43.2 Å². The van der Waals surface area contributed by atoms with Crippen LogP contribution >= 0.6 is 0 Å². The van der Waals surface area contributed by atoms with Gasteiger partial charge in [0, 0.05) is 87.2 Å². The molecule has 0 N–H and O–H groups in total. The maximum atomic E-state index is 6.23. The van der Waals surface area contributed by atoms with Crippen molar-refractivity contribution in [2.75, 3.05) is 0 Å². The summed E-state index contributed by atoms with van der Waals surface area (Å²) < 4.78 is 18.6. The summed E-state index contributed by atoms with van der Waals surface area (Å²) in [6.45, 7) is 0. The molecule has 0 saturated heterocycles. The van der Waals surface area contributed by atoms with Gasteiger partial charge in [-0.15, -0.1) is 0 Å². The number of hydrogen-bond donors (Lipinski definition) is 0. The summed E-state index contributed by atoms with van der Waals surface area (Å²) in [6, 6.07) is 121. The second-order valence-corrected chi connectivity index (χ2v) is 27.1. The van der Waals surface area contributed by atoms with Crippen molar-refractivity contribution >= 4 is 152 Å². The fourth-order valence-corrected chi connectivity index (χ4v) is 15.7. The number of fused-ring (bicyclic) bond motifs is 19. The quantitative estimate of drug-likeness (QED) is 0.150. The molecule has 23 rings (SSSR count). The second-order valence-electron chi connectivity index (χ2n) is 27.1. The third kappa shape index (κ3) is 10.5. The fourth-order valence-electron chi connectivity index (χ4n) is 15.7. The Labute approximate surface area is 611 Å². The van der Waals surface area contributed by atoms with Crippen LogP contribution in [0.4, 0.5) is 0 Å². The van der Waals surface area contributed by atoms with Crippen LogP contribution in [0.5, 0.6) is 0 Å². The smallest absolute Gasteiger partial charge is 0.161 e. The summed E-state index contributed by atoms with van der Waals surface area (Å²) in [4.78, 5) is 30.7. The average Bonchev–Trinajstić information content (AvgIpc) is 1.54. The van der Waals surface area contributed by atoms with E-state index in [0.717, 1.165) is 192 Å². The zero-order valence-electron chi connectivity index (χ0n) is 57.4. The molecule has 0 bridgehead atoms. The number of rotatable bonds is 6. The van der Waals surface area contributed by atoms with Gasteiger partial charge < -0.3 is 13.3 Å². The normalized spacial score (nSPS) is 11.7. The molecule has 0 aliphatic carbocycles. The van der Waals surface area contributed by atoms with E-state index >= 15 is 0 Å². The largest absolute Gasteiger partial charge is 0.456 e. The second kappa shape index (κ2) is 25.2. The molecular formula is C98H58N6O3. The van der Waals surface area contributed by atoms with Crippen molar-refractivity contribution in [3.8, 4) is 67.9 Å². The maximum absolute atomic E-state index is 6.23. The van der Waals surface area contributed by atoms with Gasteiger partial charge in [-0.1, -0.05) is 279 Å². The molecule has 0 saturated carbocycles. The van der Waals surface area contributed by atoms with Crippen LogP contribution < -0.4 is 0 Å². The molecule has 0 atom stereocenters. The highest BCUT2D eigenvalue weighted by Crippen LogP contribution is 2.43. The van der Waals surface area contributed by atoms with Gasteiger partial charge in [-0.05, 0) is 121 Å². The van der Waals surface area contributed by atoms with Gasteiger partial charge in [-0.2, -0.15) is 0 Å². The summed E-state index contributed by atoms with van der Waals surface area (Å²) in [5.41, 5.74) is 17.2. The minimum absolute atomic E-state index is 0.711. The number of para-hydroxylation sites is 4. The molecule has 0 spiro atoms. The Hall–Kier alpha value is -14.5. The minimum Gasteiger partial charge on any atom is -0.456 e. The molecule has 0 fully saturated rings. The van der Waals surface area contributed by atoms with Crippen LogP contribution in [0, 0.1) is 0 Å². The van der Waals surface area contributed by atoms with Gasteiger partial charge >= 0.3 is 0 Å². The molecule has 17 aromatic carbocycles. The molecule has 9 heteroatoms. The molecule has 23 aromatic rings. The summed E-state index contributed by atoms with van der Waals surface area (Å²) in [7, 11) is 0. The van der Waals surface area contributed by atoms with Gasteiger partial charge in [0.05, 0.1) is 33.6 Å². The van der Waals surface area contributed by atoms with Crippen LogP contribution in [-0.4, -0.2) is 29.9 Å². The summed E-state index contributed by atoms with van der Waals surface area (Å²) in [5, 5.41) is 21.2. The molecule has 0 unspecified atom stereocenters. The lowest BCUT2D eigenvalue weighted by atomic mass is 9.98. The highest BCUT2D eigenvalue weighted by molar-refractivity contribution is 6.18. The van der Waals surface area contributed by atoms with Crippen molar-refractivity contribution in [3.63, 3.8) is 0 Å². The topological polar surface area (TPSA) is 117 Å². The number of hydrogen-bond acceptors (Lipinski definition) is 9. The molecule has 6 aromatic heterocycles. The minimum atomic E-state index is 0.711. The summed E-state index contributed by atoms with van der Waals surface area (Å²) in [6.07, 6.45) is 0. The van der Waals surface area contributed by atoms with E-state index in [0.29, 0.717) is 17.5 Å². The number of aromatic nitrogens is 6. The van der Waals surface area contributed by atoms with Crippen LogP contribution in [0.15, 0.2) is 365 Å². The summed E-state index contributed by atoms with van der Waals surface area (Å²) in [5.74, 6) is 2.14. The SMILES string of the molecule is c1ccc(-c2nc(-c3cccc4cc5c(cc34)oc3ccccc35)nc3c2ccc2ccccc23)cc1.c1ccc(-c2nc(-c3cccc4cc5c(cc34)oc3ccccc35)nc3ccc4ccccc4c23)cc1.c1ccc(-c2nc(-c3cccc4cc5c(cc34)oc3ccccc35)nc3ccccc23)cc1. The van der Waals surface area contributed by atoms with Crippen LogP contribution in [0.2, 0.25) is 0 Å². The fraction of sp³-hybridized carbons (Fsp3) is 0. The van der Waals surface area contributed by atoms with E-state index in [-0.39, 0.29) is 0 Å². The predicted molar refractivity (Wildman–Crippen MR) is 441 cm³/mol. The third-order valence-electron chi connectivity index (χ3n) is 20.8. The molecule has 0 aliphatic rings. The molecule has 498 valence electrons.